The molecule has 3 heteroatoms. The number of hydrogen-bond acceptors (Lipinski definition) is 3. The van der Waals surface area contributed by atoms with Gasteiger partial charge in [-0.25, -0.2) is 4.79 Å². The molecule has 1 aromatic rings. The fraction of sp³-hybridized carbons (Fsp3) is 0.417. The van der Waals surface area contributed by atoms with Crippen LogP contribution >= 0.6 is 0 Å². The van der Waals surface area contributed by atoms with Gasteiger partial charge in [0.25, 0.3) is 0 Å². The summed E-state index contributed by atoms with van der Waals surface area (Å²) in [5, 5.41) is 0. The van der Waals surface area contributed by atoms with Crippen LogP contribution in [0.2, 0.25) is 0 Å². The molecule has 1 atom stereocenters. The average Bonchev–Trinajstić information content (AvgIpc) is 2.83. The Labute approximate surface area is 89.0 Å². The molecule has 1 fully saturated rings. The molecule has 1 unspecified atom stereocenters. The molecular formula is C12H14O3. The Morgan fingerprint density at radius 2 is 1.80 bits per heavy atom. The molecule has 0 aromatic heterocycles. The number of carbonyl (C=O) groups excluding carboxylic acids is 1. The van der Waals surface area contributed by atoms with Crippen molar-refractivity contribution in [3.05, 3.63) is 35.9 Å². The van der Waals surface area contributed by atoms with Gasteiger partial charge in [-0.1, -0.05) is 30.3 Å². The van der Waals surface area contributed by atoms with E-state index in [2.05, 4.69) is 0 Å². The first-order chi connectivity index (χ1) is 7.04. The highest BCUT2D eigenvalue weighted by atomic mass is 16.7. The van der Waals surface area contributed by atoms with Crippen LogP contribution in [-0.2, 0) is 19.9 Å². The Bertz CT molecular complexity index is 383. The number of carbonyl (C=O) groups is 1. The van der Waals surface area contributed by atoms with E-state index in [1.54, 1.807) is 0 Å². The number of esters is 1. The van der Waals surface area contributed by atoms with Crippen molar-refractivity contribution in [1.82, 2.24) is 0 Å². The third-order valence-corrected chi connectivity index (χ3v) is 2.87. The standard InChI is InChI=1S/C12H14O3/c1-11(2)12(15-11,10(13)14-3)9-7-5-4-6-8-9/h4-8H,1-3H3. The summed E-state index contributed by atoms with van der Waals surface area (Å²) in [6.07, 6.45) is 0. The summed E-state index contributed by atoms with van der Waals surface area (Å²) in [5.41, 5.74) is -0.549. The number of epoxide rings is 1. The molecule has 1 aliphatic rings. The first kappa shape index (κ1) is 10.2. The minimum atomic E-state index is -0.914. The van der Waals surface area contributed by atoms with Gasteiger partial charge in [-0.05, 0) is 19.4 Å². The maximum Gasteiger partial charge on any atom is 0.345 e. The maximum atomic E-state index is 11.8. The van der Waals surface area contributed by atoms with Gasteiger partial charge in [-0.15, -0.1) is 0 Å². The molecule has 0 aliphatic carbocycles. The molecule has 1 aliphatic heterocycles. The number of rotatable bonds is 2. The SMILES string of the molecule is COC(=O)C1(c2ccccc2)OC1(C)C. The van der Waals surface area contributed by atoms with Gasteiger partial charge in [0.2, 0.25) is 5.60 Å². The van der Waals surface area contributed by atoms with E-state index < -0.39 is 11.2 Å². The maximum absolute atomic E-state index is 11.8. The molecular weight excluding hydrogens is 192 g/mol. The first-order valence-corrected chi connectivity index (χ1v) is 4.89. The highest BCUT2D eigenvalue weighted by molar-refractivity contribution is 5.86. The molecule has 1 aromatic carbocycles. The van der Waals surface area contributed by atoms with E-state index in [0.717, 1.165) is 5.56 Å². The summed E-state index contributed by atoms with van der Waals surface area (Å²) in [6, 6.07) is 9.44. The van der Waals surface area contributed by atoms with E-state index in [0.29, 0.717) is 0 Å². The highest BCUT2D eigenvalue weighted by Crippen LogP contribution is 2.55. The molecule has 2 rings (SSSR count). The molecule has 1 saturated heterocycles. The normalized spacial score (nSPS) is 27.1. The second kappa shape index (κ2) is 3.07. The monoisotopic (exact) mass is 206 g/mol. The van der Waals surface area contributed by atoms with Crippen molar-refractivity contribution >= 4 is 5.97 Å². The number of benzene rings is 1. The van der Waals surface area contributed by atoms with Crippen LogP contribution in [0.25, 0.3) is 0 Å². The fourth-order valence-electron chi connectivity index (χ4n) is 1.99. The molecule has 0 radical (unpaired) electrons. The molecule has 1 heterocycles. The van der Waals surface area contributed by atoms with Crippen molar-refractivity contribution in [2.75, 3.05) is 7.11 Å². The zero-order valence-corrected chi connectivity index (χ0v) is 9.11. The van der Waals surface area contributed by atoms with E-state index >= 15 is 0 Å². The second-order valence-electron chi connectivity index (χ2n) is 4.15. The van der Waals surface area contributed by atoms with Crippen LogP contribution in [0.1, 0.15) is 19.4 Å². The average molecular weight is 206 g/mol. The van der Waals surface area contributed by atoms with Crippen molar-refractivity contribution < 1.29 is 14.3 Å². The predicted octanol–water partition coefficient (Wildman–Crippen LogP) is 1.86. The number of ether oxygens (including phenoxy) is 2. The molecule has 0 N–H and O–H groups in total. The predicted molar refractivity (Wildman–Crippen MR) is 55.3 cm³/mol. The molecule has 0 saturated carbocycles. The van der Waals surface area contributed by atoms with Gasteiger partial charge in [-0.2, -0.15) is 0 Å². The quantitative estimate of drug-likeness (QED) is 0.547. The Hall–Kier alpha value is -1.35. The lowest BCUT2D eigenvalue weighted by Crippen LogP contribution is -2.29. The zero-order chi connectivity index (χ0) is 11.1. The van der Waals surface area contributed by atoms with E-state index in [4.69, 9.17) is 9.47 Å². The minimum absolute atomic E-state index is 0.335. The van der Waals surface area contributed by atoms with E-state index in [-0.39, 0.29) is 5.97 Å². The lowest BCUT2D eigenvalue weighted by Gasteiger charge is -2.12. The lowest BCUT2D eigenvalue weighted by molar-refractivity contribution is -0.147. The van der Waals surface area contributed by atoms with Crippen molar-refractivity contribution in [3.8, 4) is 0 Å². The van der Waals surface area contributed by atoms with E-state index in [1.807, 2.05) is 44.2 Å². The van der Waals surface area contributed by atoms with E-state index in [9.17, 15) is 4.79 Å². The van der Waals surface area contributed by atoms with Gasteiger partial charge in [-0.3, -0.25) is 0 Å². The van der Waals surface area contributed by atoms with Gasteiger partial charge >= 0.3 is 5.97 Å². The van der Waals surface area contributed by atoms with Crippen molar-refractivity contribution in [2.45, 2.75) is 25.0 Å². The minimum Gasteiger partial charge on any atom is -0.467 e. The summed E-state index contributed by atoms with van der Waals surface area (Å²) in [6.45, 7) is 3.77. The molecule has 0 amide bonds. The summed E-state index contributed by atoms with van der Waals surface area (Å²) in [5.74, 6) is -0.335. The van der Waals surface area contributed by atoms with Gasteiger partial charge in [0, 0.05) is 0 Å². The summed E-state index contributed by atoms with van der Waals surface area (Å²) in [4.78, 5) is 11.8. The first-order valence-electron chi connectivity index (χ1n) is 4.89. The third-order valence-electron chi connectivity index (χ3n) is 2.87. The van der Waals surface area contributed by atoms with Crippen LogP contribution < -0.4 is 0 Å². The highest BCUT2D eigenvalue weighted by Gasteiger charge is 2.71. The van der Waals surface area contributed by atoms with Crippen LogP contribution in [0.15, 0.2) is 30.3 Å². The summed E-state index contributed by atoms with van der Waals surface area (Å²) in [7, 11) is 1.38. The van der Waals surface area contributed by atoms with Crippen LogP contribution in [0.3, 0.4) is 0 Å². The van der Waals surface area contributed by atoms with Crippen LogP contribution in [0.5, 0.6) is 0 Å². The Balaban J connectivity index is 2.44. The van der Waals surface area contributed by atoms with Gasteiger partial charge in [0.05, 0.1) is 7.11 Å². The van der Waals surface area contributed by atoms with Crippen LogP contribution in [0, 0.1) is 0 Å². The van der Waals surface area contributed by atoms with Gasteiger partial charge in [0.15, 0.2) is 0 Å². The van der Waals surface area contributed by atoms with E-state index in [1.165, 1.54) is 7.11 Å². The molecule has 3 nitrogen and oxygen atoms in total. The van der Waals surface area contributed by atoms with Crippen LogP contribution in [-0.4, -0.2) is 18.7 Å². The third kappa shape index (κ3) is 1.27. The molecule has 0 bridgehead atoms. The topological polar surface area (TPSA) is 38.8 Å². The lowest BCUT2D eigenvalue weighted by atomic mass is 9.88. The zero-order valence-electron chi connectivity index (χ0n) is 9.11. The van der Waals surface area contributed by atoms with Crippen molar-refractivity contribution in [2.24, 2.45) is 0 Å². The Kier molecular flexibility index (Phi) is 2.08. The Morgan fingerprint density at radius 1 is 1.27 bits per heavy atom. The molecule has 15 heavy (non-hydrogen) atoms. The molecule has 0 spiro atoms. The second-order valence-corrected chi connectivity index (χ2v) is 4.15. The largest absolute Gasteiger partial charge is 0.467 e. The summed E-state index contributed by atoms with van der Waals surface area (Å²) >= 11 is 0. The van der Waals surface area contributed by atoms with Crippen LogP contribution in [0.4, 0.5) is 0 Å². The fourth-order valence-corrected chi connectivity index (χ4v) is 1.99. The van der Waals surface area contributed by atoms with Gasteiger partial charge in [0.1, 0.15) is 5.60 Å². The number of methoxy groups -OCH3 is 1. The number of hydrogen-bond donors (Lipinski definition) is 0. The van der Waals surface area contributed by atoms with Gasteiger partial charge < -0.3 is 9.47 Å². The molecule has 80 valence electrons. The smallest absolute Gasteiger partial charge is 0.345 e. The summed E-state index contributed by atoms with van der Waals surface area (Å²) < 4.78 is 10.4. The van der Waals surface area contributed by atoms with Crippen molar-refractivity contribution in [1.29, 1.82) is 0 Å². The Morgan fingerprint density at radius 3 is 2.20 bits per heavy atom. The van der Waals surface area contributed by atoms with Crippen molar-refractivity contribution in [3.63, 3.8) is 0 Å².